The van der Waals surface area contributed by atoms with Crippen molar-refractivity contribution in [1.29, 1.82) is 0 Å². The molecule has 5 heteroatoms. The minimum absolute atomic E-state index is 0.0398. The number of halogens is 1. The maximum absolute atomic E-state index is 12.2. The molecule has 0 spiro atoms. The van der Waals surface area contributed by atoms with Crippen molar-refractivity contribution in [2.75, 3.05) is 13.1 Å². The second kappa shape index (κ2) is 5.30. The highest BCUT2D eigenvalue weighted by Gasteiger charge is 2.27. The maximum Gasteiger partial charge on any atom is 0.255 e. The number of nitrogens with zero attached hydrogens (tertiary/aromatic N) is 2. The van der Waals surface area contributed by atoms with Crippen molar-refractivity contribution in [1.82, 2.24) is 9.88 Å². The van der Waals surface area contributed by atoms with Crippen molar-refractivity contribution in [3.63, 3.8) is 0 Å². The fourth-order valence-electron chi connectivity index (χ4n) is 1.94. The highest BCUT2D eigenvalue weighted by Crippen LogP contribution is 2.19. The summed E-state index contributed by atoms with van der Waals surface area (Å²) < 4.78 is 0.944. The normalized spacial score (nSPS) is 24.8. The first-order valence-electron chi connectivity index (χ1n) is 5.66. The number of likely N-dealkylation sites (tertiary alicyclic amines) is 1. The topological polar surface area (TPSA) is 53.4 Å². The monoisotopic (exact) mass is 346 g/mol. The minimum Gasteiger partial charge on any atom is -0.391 e. The molecule has 2 rings (SSSR count). The summed E-state index contributed by atoms with van der Waals surface area (Å²) in [4.78, 5) is 17.9. The molecule has 2 unspecified atom stereocenters. The molecule has 1 amide bonds. The summed E-state index contributed by atoms with van der Waals surface area (Å²) in [6.45, 7) is 3.15. The predicted molar refractivity (Wildman–Crippen MR) is 72.6 cm³/mol. The lowest BCUT2D eigenvalue weighted by atomic mass is 9.96. The third kappa shape index (κ3) is 2.95. The average Bonchev–Trinajstić information content (AvgIpc) is 2.32. The number of pyridine rings is 1. The zero-order chi connectivity index (χ0) is 12.4. The van der Waals surface area contributed by atoms with Crippen molar-refractivity contribution in [2.45, 2.75) is 19.4 Å². The van der Waals surface area contributed by atoms with Gasteiger partial charge in [0.05, 0.1) is 11.7 Å². The average molecular weight is 346 g/mol. The Kier molecular flexibility index (Phi) is 3.98. The first kappa shape index (κ1) is 12.8. The molecule has 4 nitrogen and oxygen atoms in total. The number of amides is 1. The molecule has 17 heavy (non-hydrogen) atoms. The van der Waals surface area contributed by atoms with Gasteiger partial charge in [0.25, 0.3) is 5.91 Å². The third-order valence-corrected chi connectivity index (χ3v) is 3.75. The molecule has 0 saturated carbocycles. The quantitative estimate of drug-likeness (QED) is 0.785. The summed E-state index contributed by atoms with van der Waals surface area (Å²) in [5, 5.41) is 9.79. The van der Waals surface area contributed by atoms with Crippen LogP contribution in [0.4, 0.5) is 0 Å². The second-order valence-electron chi connectivity index (χ2n) is 4.48. The highest BCUT2D eigenvalue weighted by molar-refractivity contribution is 14.1. The van der Waals surface area contributed by atoms with E-state index in [4.69, 9.17) is 0 Å². The number of carbonyl (C=O) groups is 1. The van der Waals surface area contributed by atoms with E-state index in [1.54, 1.807) is 17.3 Å². The summed E-state index contributed by atoms with van der Waals surface area (Å²) in [5.41, 5.74) is 0.596. The lowest BCUT2D eigenvalue weighted by molar-refractivity contribution is 0.0248. The van der Waals surface area contributed by atoms with Crippen LogP contribution in [0.2, 0.25) is 0 Å². The Labute approximate surface area is 114 Å². The van der Waals surface area contributed by atoms with Gasteiger partial charge in [0.2, 0.25) is 0 Å². The molecule has 1 aliphatic heterocycles. The lowest BCUT2D eigenvalue weighted by Gasteiger charge is -2.34. The number of aliphatic hydroxyl groups is 1. The smallest absolute Gasteiger partial charge is 0.255 e. The van der Waals surface area contributed by atoms with E-state index in [2.05, 4.69) is 27.6 Å². The Morgan fingerprint density at radius 1 is 1.59 bits per heavy atom. The van der Waals surface area contributed by atoms with Crippen LogP contribution < -0.4 is 0 Å². The largest absolute Gasteiger partial charge is 0.391 e. The van der Waals surface area contributed by atoms with Gasteiger partial charge in [0.15, 0.2) is 0 Å². The van der Waals surface area contributed by atoms with Gasteiger partial charge in [-0.15, -0.1) is 0 Å². The van der Waals surface area contributed by atoms with Gasteiger partial charge < -0.3 is 10.0 Å². The van der Waals surface area contributed by atoms with Crippen LogP contribution in [0.1, 0.15) is 23.7 Å². The first-order chi connectivity index (χ1) is 8.08. The molecule has 1 aliphatic rings. The molecule has 1 aromatic heterocycles. The summed E-state index contributed by atoms with van der Waals surface area (Å²) in [6.07, 6.45) is 3.73. The van der Waals surface area contributed by atoms with Gasteiger partial charge in [0, 0.05) is 29.1 Å². The number of rotatable bonds is 1. The van der Waals surface area contributed by atoms with Crippen LogP contribution in [0.5, 0.6) is 0 Å². The SMILES string of the molecule is CC1CCN(C(=O)c2cncc(I)c2)CC1O. The first-order valence-corrected chi connectivity index (χ1v) is 6.73. The van der Waals surface area contributed by atoms with Gasteiger partial charge in [-0.1, -0.05) is 6.92 Å². The molecule has 1 N–H and O–H groups in total. The summed E-state index contributed by atoms with van der Waals surface area (Å²) in [7, 11) is 0. The van der Waals surface area contributed by atoms with E-state index in [1.165, 1.54) is 0 Å². The molecule has 92 valence electrons. The van der Waals surface area contributed by atoms with E-state index in [9.17, 15) is 9.90 Å². The third-order valence-electron chi connectivity index (χ3n) is 3.16. The summed E-state index contributed by atoms with van der Waals surface area (Å²) in [6, 6.07) is 1.82. The molecule has 0 radical (unpaired) electrons. The summed E-state index contributed by atoms with van der Waals surface area (Å²) in [5.74, 6) is 0.232. The fourth-order valence-corrected chi connectivity index (χ4v) is 2.44. The van der Waals surface area contributed by atoms with Gasteiger partial charge in [-0.2, -0.15) is 0 Å². The molecule has 0 aliphatic carbocycles. The second-order valence-corrected chi connectivity index (χ2v) is 5.72. The molecular formula is C12H15IN2O2. The lowest BCUT2D eigenvalue weighted by Crippen LogP contribution is -2.45. The van der Waals surface area contributed by atoms with Crippen LogP contribution in [0.3, 0.4) is 0 Å². The molecule has 1 saturated heterocycles. The molecular weight excluding hydrogens is 331 g/mol. The minimum atomic E-state index is -0.413. The van der Waals surface area contributed by atoms with E-state index in [0.717, 1.165) is 9.99 Å². The number of β-amino-alcohol motifs (C(OH)–C–C–N with tert-alkyl or cyclic N) is 1. The van der Waals surface area contributed by atoms with E-state index in [1.807, 2.05) is 13.0 Å². The van der Waals surface area contributed by atoms with E-state index in [-0.39, 0.29) is 11.8 Å². The van der Waals surface area contributed by atoms with Crippen LogP contribution in [-0.2, 0) is 0 Å². The number of carbonyl (C=O) groups excluding carboxylic acids is 1. The van der Waals surface area contributed by atoms with E-state index < -0.39 is 6.10 Å². The fraction of sp³-hybridized carbons (Fsp3) is 0.500. The standard InChI is InChI=1S/C12H15IN2O2/c1-8-2-3-15(7-11(8)16)12(17)9-4-10(13)6-14-5-9/h4-6,8,11,16H,2-3,7H2,1H3. The van der Waals surface area contributed by atoms with Gasteiger partial charge >= 0.3 is 0 Å². The molecule has 2 atom stereocenters. The summed E-state index contributed by atoms with van der Waals surface area (Å²) >= 11 is 2.13. The Morgan fingerprint density at radius 2 is 2.35 bits per heavy atom. The molecule has 1 fully saturated rings. The number of aliphatic hydroxyl groups excluding tert-OH is 1. The zero-order valence-corrected chi connectivity index (χ0v) is 11.8. The zero-order valence-electron chi connectivity index (χ0n) is 9.64. The van der Waals surface area contributed by atoms with Crippen LogP contribution in [-0.4, -0.2) is 40.1 Å². The molecule has 1 aromatic rings. The van der Waals surface area contributed by atoms with Crippen LogP contribution in [0.25, 0.3) is 0 Å². The van der Waals surface area contributed by atoms with Crippen molar-refractivity contribution in [3.8, 4) is 0 Å². The van der Waals surface area contributed by atoms with Gasteiger partial charge in [-0.05, 0) is 41.0 Å². The molecule has 0 aromatic carbocycles. The number of hydrogen-bond donors (Lipinski definition) is 1. The molecule has 0 bridgehead atoms. The Balaban J connectivity index is 2.10. The van der Waals surface area contributed by atoms with Crippen molar-refractivity contribution >= 4 is 28.5 Å². The van der Waals surface area contributed by atoms with Gasteiger partial charge in [-0.3, -0.25) is 9.78 Å². The van der Waals surface area contributed by atoms with Crippen molar-refractivity contribution in [2.24, 2.45) is 5.92 Å². The molecule has 2 heterocycles. The Morgan fingerprint density at radius 3 is 3.00 bits per heavy atom. The predicted octanol–water partition coefficient (Wildman–Crippen LogP) is 1.53. The van der Waals surface area contributed by atoms with Crippen molar-refractivity contribution < 1.29 is 9.90 Å². The van der Waals surface area contributed by atoms with E-state index >= 15 is 0 Å². The Bertz CT molecular complexity index is 425. The van der Waals surface area contributed by atoms with Crippen LogP contribution in [0.15, 0.2) is 18.5 Å². The number of hydrogen-bond acceptors (Lipinski definition) is 3. The Hall–Kier alpha value is -0.690. The maximum atomic E-state index is 12.2. The van der Waals surface area contributed by atoms with Crippen LogP contribution in [0, 0.1) is 9.49 Å². The number of piperidine rings is 1. The van der Waals surface area contributed by atoms with Crippen LogP contribution >= 0.6 is 22.6 Å². The number of aromatic nitrogens is 1. The van der Waals surface area contributed by atoms with Gasteiger partial charge in [-0.25, -0.2) is 0 Å². The highest BCUT2D eigenvalue weighted by atomic mass is 127. The van der Waals surface area contributed by atoms with E-state index in [0.29, 0.717) is 18.7 Å². The van der Waals surface area contributed by atoms with Gasteiger partial charge in [0.1, 0.15) is 0 Å². The van der Waals surface area contributed by atoms with Crippen molar-refractivity contribution in [3.05, 3.63) is 27.6 Å².